The molecule has 0 heterocycles. The second-order valence-electron chi connectivity index (χ2n) is 7.00. The van der Waals surface area contributed by atoms with E-state index in [0.717, 1.165) is 0 Å². The summed E-state index contributed by atoms with van der Waals surface area (Å²) >= 11 is 0. The predicted octanol–water partition coefficient (Wildman–Crippen LogP) is 2.74. The predicted molar refractivity (Wildman–Crippen MR) is 121 cm³/mol. The van der Waals surface area contributed by atoms with Crippen LogP contribution in [-0.4, -0.2) is 23.2 Å². The lowest BCUT2D eigenvalue weighted by molar-refractivity contribution is 0.473. The van der Waals surface area contributed by atoms with Crippen LogP contribution >= 0.6 is 0 Å². The smallest absolute Gasteiger partial charge is 0.295 e. The molecular formula is C24H19NO5S. The Kier molecular flexibility index (Phi) is 5.14. The van der Waals surface area contributed by atoms with Gasteiger partial charge in [0.15, 0.2) is 0 Å². The highest BCUT2D eigenvalue weighted by atomic mass is 32.2. The number of nitrogens with two attached hydrogens (primary N) is 1. The zero-order chi connectivity index (χ0) is 22.2. The van der Waals surface area contributed by atoms with Crippen LogP contribution in [0, 0.1) is 0 Å². The summed E-state index contributed by atoms with van der Waals surface area (Å²) in [5.41, 5.74) is 7.48. The van der Waals surface area contributed by atoms with Crippen molar-refractivity contribution in [3.8, 4) is 11.5 Å². The van der Waals surface area contributed by atoms with E-state index in [1.807, 2.05) is 0 Å². The first kappa shape index (κ1) is 20.5. The molecule has 0 saturated heterocycles. The first-order valence-electron chi connectivity index (χ1n) is 9.34. The van der Waals surface area contributed by atoms with Gasteiger partial charge in [-0.15, -0.1) is 0 Å². The summed E-state index contributed by atoms with van der Waals surface area (Å²) in [7, 11) is -4.69. The van der Waals surface area contributed by atoms with Gasteiger partial charge in [0, 0.05) is 38.0 Å². The minimum Gasteiger partial charge on any atom is -0.507 e. The van der Waals surface area contributed by atoms with Gasteiger partial charge in [0.25, 0.3) is 10.1 Å². The molecule has 0 aliphatic rings. The normalized spacial score (nSPS) is 13.1. The van der Waals surface area contributed by atoms with Gasteiger partial charge >= 0.3 is 0 Å². The number of nitrogen functional groups attached to an aromatic ring is 1. The molecule has 7 heteroatoms. The van der Waals surface area contributed by atoms with Crippen molar-refractivity contribution in [3.05, 3.63) is 94.4 Å². The quantitative estimate of drug-likeness (QED) is 0.291. The van der Waals surface area contributed by atoms with Gasteiger partial charge in [0.1, 0.15) is 16.4 Å². The summed E-state index contributed by atoms with van der Waals surface area (Å²) < 4.78 is 35.1. The van der Waals surface area contributed by atoms with Crippen molar-refractivity contribution < 1.29 is 23.2 Å². The third-order valence-electron chi connectivity index (χ3n) is 5.02. The third-order valence-corrected chi connectivity index (χ3v) is 5.97. The van der Waals surface area contributed by atoms with Gasteiger partial charge in [0.05, 0.1) is 0 Å². The van der Waals surface area contributed by atoms with E-state index < -0.39 is 10.1 Å². The molecule has 0 radical (unpaired) electrons. The number of benzene rings is 4. The molecule has 0 saturated carbocycles. The van der Waals surface area contributed by atoms with Gasteiger partial charge in [-0.3, -0.25) is 4.55 Å². The summed E-state index contributed by atoms with van der Waals surface area (Å²) in [4.78, 5) is -0.331. The van der Waals surface area contributed by atoms with E-state index in [-0.39, 0.29) is 37.9 Å². The second kappa shape index (κ2) is 7.79. The third kappa shape index (κ3) is 3.84. The Balaban J connectivity index is 2.31. The molecule has 0 atom stereocenters. The minimum absolute atomic E-state index is 0.0167. The molecule has 5 N–H and O–H groups in total. The monoisotopic (exact) mass is 433 g/mol. The number of para-hydroxylation sites is 2. The molecule has 31 heavy (non-hydrogen) atoms. The molecular weight excluding hydrogens is 414 g/mol. The Bertz CT molecular complexity index is 1540. The molecule has 0 aromatic heterocycles. The summed E-state index contributed by atoms with van der Waals surface area (Å²) in [6.45, 7) is 0. The first-order valence-corrected chi connectivity index (χ1v) is 10.8. The van der Waals surface area contributed by atoms with Gasteiger partial charge in [-0.25, -0.2) is 0 Å². The molecule has 0 unspecified atom stereocenters. The van der Waals surface area contributed by atoms with Crippen molar-refractivity contribution in [2.75, 3.05) is 5.73 Å². The molecule has 0 spiro atoms. The maximum atomic E-state index is 12.5. The topological polar surface area (TPSA) is 121 Å². The molecule has 0 fully saturated rings. The van der Waals surface area contributed by atoms with Crippen LogP contribution in [-0.2, 0) is 10.1 Å². The van der Waals surface area contributed by atoms with Crippen LogP contribution in [0.25, 0.3) is 22.9 Å². The van der Waals surface area contributed by atoms with E-state index in [1.54, 1.807) is 66.7 Å². The van der Waals surface area contributed by atoms with E-state index in [0.29, 0.717) is 16.5 Å². The molecule has 6 nitrogen and oxygen atoms in total. The maximum absolute atomic E-state index is 12.5. The highest BCUT2D eigenvalue weighted by Gasteiger charge is 2.20. The van der Waals surface area contributed by atoms with Crippen LogP contribution < -0.4 is 16.2 Å². The Morgan fingerprint density at radius 3 is 1.65 bits per heavy atom. The second-order valence-corrected chi connectivity index (χ2v) is 8.36. The zero-order valence-electron chi connectivity index (χ0n) is 16.2. The van der Waals surface area contributed by atoms with Crippen LogP contribution in [0.4, 0.5) is 5.69 Å². The first-order chi connectivity index (χ1) is 14.8. The maximum Gasteiger partial charge on any atom is 0.295 e. The SMILES string of the molecule is Nc1c(=Cc2ccccc2O)c(=Cc2ccccc2O)c(S(=O)(=O)O)c2ccccc12. The van der Waals surface area contributed by atoms with Gasteiger partial charge in [-0.2, -0.15) is 8.42 Å². The Morgan fingerprint density at radius 2 is 1.13 bits per heavy atom. The van der Waals surface area contributed by atoms with Crippen molar-refractivity contribution >= 4 is 38.7 Å². The number of phenolic OH excluding ortho intramolecular Hbond substituents is 2. The highest BCUT2D eigenvalue weighted by Crippen LogP contribution is 2.24. The fourth-order valence-electron chi connectivity index (χ4n) is 3.58. The standard InChI is InChI=1S/C24H19NO5S/c25-23-17-9-3-4-10-18(17)24(31(28,29)30)20(14-16-8-2-6-12-22(16)27)19(23)13-15-7-1-5-11-21(15)26/h1-14,26-27H,25H2,(H,28,29,30). The molecule has 0 amide bonds. The number of fused-ring (bicyclic) bond motifs is 1. The lowest BCUT2D eigenvalue weighted by Crippen LogP contribution is -2.34. The minimum atomic E-state index is -4.69. The Morgan fingerprint density at radius 1 is 0.677 bits per heavy atom. The zero-order valence-corrected chi connectivity index (χ0v) is 17.0. The number of hydrogen-bond donors (Lipinski definition) is 4. The lowest BCUT2D eigenvalue weighted by atomic mass is 10.0. The van der Waals surface area contributed by atoms with Gasteiger partial charge < -0.3 is 15.9 Å². The van der Waals surface area contributed by atoms with Crippen molar-refractivity contribution in [1.82, 2.24) is 0 Å². The Labute approximate surface area is 178 Å². The van der Waals surface area contributed by atoms with Crippen LogP contribution in [0.1, 0.15) is 11.1 Å². The van der Waals surface area contributed by atoms with Gasteiger partial charge in [0.2, 0.25) is 0 Å². The van der Waals surface area contributed by atoms with Crippen LogP contribution in [0.3, 0.4) is 0 Å². The van der Waals surface area contributed by atoms with Crippen molar-refractivity contribution in [1.29, 1.82) is 0 Å². The average molecular weight is 433 g/mol. The lowest BCUT2D eigenvalue weighted by Gasteiger charge is -2.11. The number of rotatable bonds is 3. The molecule has 0 bridgehead atoms. The fraction of sp³-hybridized carbons (Fsp3) is 0. The highest BCUT2D eigenvalue weighted by molar-refractivity contribution is 7.86. The summed E-state index contributed by atoms with van der Waals surface area (Å²) in [5.74, 6) is -0.0824. The summed E-state index contributed by atoms with van der Waals surface area (Å²) in [6, 6.07) is 19.5. The average Bonchev–Trinajstić information content (AvgIpc) is 2.73. The van der Waals surface area contributed by atoms with Gasteiger partial charge in [-0.05, 0) is 24.3 Å². The molecule has 4 aromatic rings. The molecule has 4 rings (SSSR count). The number of aromatic hydroxyl groups is 2. The molecule has 156 valence electrons. The Hall–Kier alpha value is -3.81. The van der Waals surface area contributed by atoms with Crippen LogP contribution in [0.5, 0.6) is 11.5 Å². The van der Waals surface area contributed by atoms with E-state index in [2.05, 4.69) is 0 Å². The van der Waals surface area contributed by atoms with Gasteiger partial charge in [-0.1, -0.05) is 60.7 Å². The summed E-state index contributed by atoms with van der Waals surface area (Å²) in [6.07, 6.45) is 3.00. The number of phenols is 2. The molecule has 0 aliphatic heterocycles. The molecule has 0 aliphatic carbocycles. The number of anilines is 1. The van der Waals surface area contributed by atoms with Crippen molar-refractivity contribution in [2.45, 2.75) is 4.90 Å². The summed E-state index contributed by atoms with van der Waals surface area (Å²) in [5, 5.41) is 21.6. The van der Waals surface area contributed by atoms with E-state index in [1.165, 1.54) is 18.2 Å². The number of hydrogen-bond acceptors (Lipinski definition) is 5. The van der Waals surface area contributed by atoms with E-state index in [4.69, 9.17) is 5.73 Å². The fourth-order valence-corrected chi connectivity index (χ4v) is 4.48. The van der Waals surface area contributed by atoms with Crippen LogP contribution in [0.2, 0.25) is 0 Å². The van der Waals surface area contributed by atoms with Crippen molar-refractivity contribution in [2.24, 2.45) is 0 Å². The van der Waals surface area contributed by atoms with Crippen LogP contribution in [0.15, 0.2) is 77.7 Å². The van der Waals surface area contributed by atoms with E-state index >= 15 is 0 Å². The largest absolute Gasteiger partial charge is 0.507 e. The molecule has 4 aromatic carbocycles. The van der Waals surface area contributed by atoms with E-state index in [9.17, 15) is 23.2 Å². The van der Waals surface area contributed by atoms with Crippen molar-refractivity contribution in [3.63, 3.8) is 0 Å².